The smallest absolute Gasteiger partial charge is 0.296 e. The average Bonchev–Trinajstić information content (AvgIpc) is 1.48. The number of phenols is 1. The van der Waals surface area contributed by atoms with Crippen molar-refractivity contribution < 1.29 is 92.4 Å². The van der Waals surface area contributed by atoms with Gasteiger partial charge in [0.15, 0.2) is 5.75 Å². The van der Waals surface area contributed by atoms with Crippen molar-refractivity contribution in [2.24, 2.45) is 30.7 Å². The molecule has 0 bridgehead atoms. The molecule has 7 N–H and O–H groups in total. The van der Waals surface area contributed by atoms with Gasteiger partial charge < -0.3 is 14.6 Å². The minimum absolute atomic E-state index is 0.0271. The Morgan fingerprint density at radius 2 is 0.852 bits per heavy atom. The van der Waals surface area contributed by atoms with Crippen LogP contribution in [0, 0.1) is 0 Å². The van der Waals surface area contributed by atoms with Gasteiger partial charge in [-0.2, -0.15) is 55.3 Å². The van der Waals surface area contributed by atoms with Gasteiger partial charge in [-0.25, -0.2) is 0 Å². The lowest BCUT2D eigenvalue weighted by molar-refractivity contribution is 0.416. The number of rotatable bonds is 15. The molecule has 1 heterocycles. The van der Waals surface area contributed by atoms with Crippen LogP contribution in [-0.4, -0.2) is 112 Å². The lowest BCUT2D eigenvalue weighted by Crippen LogP contribution is -2.04. The van der Waals surface area contributed by atoms with E-state index in [1.807, 2.05) is 0 Å². The molecule has 36 heteroatoms. The third kappa shape index (κ3) is 11.2. The molecule has 0 aliphatic heterocycles. The maximum Gasteiger partial charge on any atom is 0.296 e. The zero-order valence-electron chi connectivity index (χ0n) is 44.0. The summed E-state index contributed by atoms with van der Waals surface area (Å²) >= 11 is 0. The van der Waals surface area contributed by atoms with Gasteiger partial charge in [0.2, 0.25) is 0 Å². The Kier molecular flexibility index (Phi) is 14.7. The molecule has 0 aliphatic rings. The van der Waals surface area contributed by atoms with Crippen LogP contribution in [0.2, 0.25) is 0 Å². The van der Waals surface area contributed by atoms with Crippen LogP contribution in [0.5, 0.6) is 17.2 Å². The van der Waals surface area contributed by atoms with Crippen LogP contribution < -0.4 is 9.47 Å². The third-order valence-corrected chi connectivity index (χ3v) is 18.7. The highest BCUT2D eigenvalue weighted by Gasteiger charge is 2.27. The summed E-state index contributed by atoms with van der Waals surface area (Å²) in [7, 11) is -27.5. The maximum absolute atomic E-state index is 13.1. The number of phenolic OH excluding ortho intramolecular Hbond substituents is 1. The lowest BCUT2D eigenvalue weighted by atomic mass is 10.1. The van der Waals surface area contributed by atoms with Gasteiger partial charge in [-0.3, -0.25) is 27.3 Å². The Morgan fingerprint density at radius 3 is 1.40 bits per heavy atom. The third-order valence-electron chi connectivity index (χ3n) is 13.5. The fourth-order valence-corrected chi connectivity index (χ4v) is 13.3. The van der Waals surface area contributed by atoms with Crippen molar-refractivity contribution in [2.45, 2.75) is 29.4 Å². The number of ether oxygens (including phenoxy) is 2. The van der Waals surface area contributed by atoms with Crippen LogP contribution in [0.1, 0.15) is 0 Å². The van der Waals surface area contributed by atoms with Crippen molar-refractivity contribution in [2.75, 3.05) is 14.2 Å². The number of nitrogens with zero attached hydrogens (tertiary/aromatic N) is 9. The zero-order chi connectivity index (χ0) is 63.4. The number of hydrogen-bond acceptors (Lipinski definition) is 23. The van der Waals surface area contributed by atoms with E-state index in [4.69, 9.17) is 9.47 Å². The molecule has 0 atom stereocenters. The molecular formula is C52H35N9O21S6. The van der Waals surface area contributed by atoms with E-state index in [0.717, 1.165) is 60.4 Å². The van der Waals surface area contributed by atoms with Gasteiger partial charge in [0, 0.05) is 60.6 Å². The summed E-state index contributed by atoms with van der Waals surface area (Å²) in [5.74, 6) is -1.18. The molecule has 0 fully saturated rings. The van der Waals surface area contributed by atoms with E-state index in [1.54, 1.807) is 6.07 Å². The van der Waals surface area contributed by atoms with Crippen LogP contribution in [0.4, 0.5) is 34.1 Å². The molecule has 0 radical (unpaired) electrons. The first-order chi connectivity index (χ1) is 41.2. The first kappa shape index (κ1) is 60.3. The highest BCUT2D eigenvalue weighted by atomic mass is 32.2. The van der Waals surface area contributed by atoms with Crippen molar-refractivity contribution in [3.63, 3.8) is 0 Å². The number of azo groups is 3. The topological polar surface area (TPSA) is 470 Å². The molecule has 11 rings (SSSR count). The molecule has 0 saturated carbocycles. The van der Waals surface area contributed by atoms with E-state index in [0.29, 0.717) is 6.07 Å². The zero-order valence-corrected chi connectivity index (χ0v) is 48.9. The van der Waals surface area contributed by atoms with Gasteiger partial charge in [-0.15, -0.1) is 40.9 Å². The Labute approximate surface area is 494 Å². The molecule has 450 valence electrons. The second-order valence-corrected chi connectivity index (χ2v) is 27.2. The van der Waals surface area contributed by atoms with E-state index in [2.05, 4.69) is 40.9 Å². The Morgan fingerprint density at radius 1 is 0.375 bits per heavy atom. The minimum Gasteiger partial charge on any atom is -0.505 e. The summed E-state index contributed by atoms with van der Waals surface area (Å²) in [6.07, 6.45) is 0. The van der Waals surface area contributed by atoms with Crippen LogP contribution in [-0.2, 0) is 60.7 Å². The van der Waals surface area contributed by atoms with E-state index in [1.165, 1.54) is 79.9 Å². The van der Waals surface area contributed by atoms with Crippen LogP contribution in [0.15, 0.2) is 194 Å². The number of methoxy groups -OCH3 is 2. The summed E-state index contributed by atoms with van der Waals surface area (Å²) < 4.78 is 221. The minimum atomic E-state index is -5.32. The van der Waals surface area contributed by atoms with Crippen molar-refractivity contribution in [3.8, 4) is 22.9 Å². The second-order valence-electron chi connectivity index (χ2n) is 18.8. The molecule has 0 aliphatic carbocycles. The van der Waals surface area contributed by atoms with Crippen molar-refractivity contribution in [3.05, 3.63) is 133 Å². The highest BCUT2D eigenvalue weighted by Crippen LogP contribution is 2.49. The lowest BCUT2D eigenvalue weighted by Gasteiger charge is -2.13. The maximum atomic E-state index is 13.1. The van der Waals surface area contributed by atoms with E-state index in [-0.39, 0.29) is 111 Å². The first-order valence-corrected chi connectivity index (χ1v) is 32.9. The molecule has 88 heavy (non-hydrogen) atoms. The number of fused-ring (bicyclic) bond motifs is 7. The molecule has 10 aromatic carbocycles. The summed E-state index contributed by atoms with van der Waals surface area (Å²) in [6, 6.07) is 25.9. The average molecular weight is 1310 g/mol. The van der Waals surface area contributed by atoms with Gasteiger partial charge in [-0.1, -0.05) is 42.5 Å². The predicted octanol–water partition coefficient (Wildman–Crippen LogP) is 10.6. The number of aromatic nitrogens is 3. The summed E-state index contributed by atoms with van der Waals surface area (Å²) in [6.45, 7) is 0. The van der Waals surface area contributed by atoms with Crippen LogP contribution in [0.3, 0.4) is 0 Å². The van der Waals surface area contributed by atoms with Crippen molar-refractivity contribution in [1.29, 1.82) is 0 Å². The van der Waals surface area contributed by atoms with E-state index >= 15 is 0 Å². The monoisotopic (exact) mass is 1310 g/mol. The molecule has 0 unspecified atom stereocenters. The molecule has 30 nitrogen and oxygen atoms in total. The first-order valence-electron chi connectivity index (χ1n) is 24.3. The molecule has 0 saturated heterocycles. The van der Waals surface area contributed by atoms with E-state index in [9.17, 15) is 82.9 Å². The summed E-state index contributed by atoms with van der Waals surface area (Å²) in [5, 5.41) is 45.7. The highest BCUT2D eigenvalue weighted by molar-refractivity contribution is 7.87. The SMILES string of the molecule is COc1cc(N=Nc2c(OC)cc(N=Nc3ccc(S(=O)(=O)O)c4ccccc34)c3cc(S(=O)(=O)O)ccc23)c2cc(S(=O)(=O)O)ccc2c1N=Nc1c(S(=O)(=O)O)cc2cc(-n3nc4ccc5c(S(=O)(=O)O)cc(S(=O)(=O)O)cc5c4n3)ccc2c1O. The summed E-state index contributed by atoms with van der Waals surface area (Å²) in [4.78, 5) is -3.50. The van der Waals surface area contributed by atoms with Gasteiger partial charge in [0.25, 0.3) is 60.7 Å². The molecule has 0 spiro atoms. The van der Waals surface area contributed by atoms with Gasteiger partial charge in [0.1, 0.15) is 54.3 Å². The number of aromatic hydroxyl groups is 1. The van der Waals surface area contributed by atoms with Gasteiger partial charge >= 0.3 is 0 Å². The fourth-order valence-electron chi connectivity index (χ4n) is 9.56. The van der Waals surface area contributed by atoms with Gasteiger partial charge in [0.05, 0.1) is 51.7 Å². The molecule has 0 amide bonds. The van der Waals surface area contributed by atoms with Crippen molar-refractivity contribution in [1.82, 2.24) is 15.0 Å². The normalized spacial score (nSPS) is 13.2. The Balaban J connectivity index is 1.02. The largest absolute Gasteiger partial charge is 0.505 e. The molecule has 11 aromatic rings. The predicted molar refractivity (Wildman–Crippen MR) is 312 cm³/mol. The van der Waals surface area contributed by atoms with Gasteiger partial charge in [-0.05, 0) is 84.2 Å². The fraction of sp³-hybridized carbons (Fsp3) is 0.0385. The molecular weight excluding hydrogens is 1280 g/mol. The van der Waals surface area contributed by atoms with Crippen LogP contribution >= 0.6 is 0 Å². The molecule has 1 aromatic heterocycles. The quantitative estimate of drug-likeness (QED) is 0.0370. The second kappa shape index (κ2) is 21.5. The number of benzene rings is 10. The van der Waals surface area contributed by atoms with Crippen molar-refractivity contribution >= 4 is 160 Å². The Hall–Kier alpha value is -9.44. The summed E-state index contributed by atoms with van der Waals surface area (Å²) in [5.41, 5.74) is -1.49. The standard InChI is InChI=1S/C52H35N9O21S6/c1-81-43-23-41(54-53-39-15-16-45(86(72,73)74)32-6-4-3-5-31(32)39)36-19-27(83(63,64)65)8-11-34(36)49(43)56-55-42-24-44(82-2)50(35-12-9-28(20-37(35)42)84(66,67)68)57-58-51-47(88(78,79)80)18-25-17-26(7-10-30(25)52(51)62)61-59-40-14-13-33-38(48(40)60-61)21-29(85(69,70)71)22-46(33)87(75,76)77/h3-24,62H,1-2H3,(H,63,64,65)(H,66,67,68)(H,69,70,71)(H,72,73,74)(H,75,76,77)(H,78,79,80). The Bertz CT molecular complexity index is 5750. The van der Waals surface area contributed by atoms with E-state index < -0.39 is 102 Å². The number of hydrogen-bond donors (Lipinski definition) is 7. The van der Waals surface area contributed by atoms with Crippen LogP contribution in [0.25, 0.3) is 70.6 Å².